The number of hydrogen-bond donors (Lipinski definition) is 3. The molecule has 1 fully saturated rings. The van der Waals surface area contributed by atoms with E-state index in [0.717, 1.165) is 24.0 Å². The van der Waals surface area contributed by atoms with E-state index in [1.165, 1.54) is 17.4 Å². The van der Waals surface area contributed by atoms with Crippen molar-refractivity contribution in [1.82, 2.24) is 15.6 Å². The first-order valence-corrected chi connectivity index (χ1v) is 13.4. The summed E-state index contributed by atoms with van der Waals surface area (Å²) in [7, 11) is 0. The van der Waals surface area contributed by atoms with Gasteiger partial charge in [0.1, 0.15) is 21.2 Å². The second-order valence-electron chi connectivity index (χ2n) is 9.38. The number of carbonyl (C=O) groups is 3. The van der Waals surface area contributed by atoms with Crippen molar-refractivity contribution in [3.63, 3.8) is 0 Å². The van der Waals surface area contributed by atoms with Crippen LogP contribution in [0.1, 0.15) is 28.9 Å². The van der Waals surface area contributed by atoms with Crippen molar-refractivity contribution in [3.05, 3.63) is 84.4 Å². The molecule has 0 bridgehead atoms. The molecule has 6 rings (SSSR count). The number of nitrogens with one attached hydrogen (secondary N) is 3. The van der Waals surface area contributed by atoms with E-state index in [9.17, 15) is 14.4 Å². The maximum Gasteiger partial charge on any atom is 0.331 e. The highest BCUT2D eigenvalue weighted by Crippen LogP contribution is 2.46. The zero-order chi connectivity index (χ0) is 26.9. The summed E-state index contributed by atoms with van der Waals surface area (Å²) in [5, 5.41) is 9.60. The number of anilines is 3. The van der Waals surface area contributed by atoms with Gasteiger partial charge in [0.15, 0.2) is 0 Å². The third-order valence-electron chi connectivity index (χ3n) is 6.83. The molecule has 10 heteroatoms. The topological polar surface area (TPSA) is 113 Å². The molecule has 9 nitrogen and oxygen atoms in total. The fraction of sp³-hybridized carbons (Fsp3) is 0.172. The number of para-hydroxylation sites is 1. The highest BCUT2D eigenvalue weighted by molar-refractivity contribution is 7.21. The molecule has 2 aromatic heterocycles. The number of amides is 4. The average molecular weight is 540 g/mol. The number of urea groups is 1. The minimum atomic E-state index is -0.368. The van der Waals surface area contributed by atoms with Gasteiger partial charge < -0.3 is 20.7 Å². The monoisotopic (exact) mass is 539 g/mol. The van der Waals surface area contributed by atoms with Crippen molar-refractivity contribution in [3.8, 4) is 11.5 Å². The summed E-state index contributed by atoms with van der Waals surface area (Å²) in [6, 6.07) is 18.0. The number of ether oxygens (including phenoxy) is 1. The molecule has 3 heterocycles. The molecule has 0 radical (unpaired) electrons. The molecule has 4 amide bonds. The van der Waals surface area contributed by atoms with Crippen LogP contribution >= 0.6 is 11.3 Å². The zero-order valence-corrected chi connectivity index (χ0v) is 21.7. The largest absolute Gasteiger partial charge is 0.457 e. The Bertz CT molecular complexity index is 1580. The smallest absolute Gasteiger partial charge is 0.331 e. The third kappa shape index (κ3) is 4.82. The quantitative estimate of drug-likeness (QED) is 0.260. The molecule has 1 aliphatic heterocycles. The number of nitrogens with zero attached hydrogens (tertiary/aromatic N) is 2. The first-order valence-electron chi connectivity index (χ1n) is 12.6. The molecule has 3 N–H and O–H groups in total. The molecule has 2 aliphatic rings. The molecule has 2 atom stereocenters. The summed E-state index contributed by atoms with van der Waals surface area (Å²) in [5.41, 5.74) is 1.77. The van der Waals surface area contributed by atoms with Crippen molar-refractivity contribution in [2.45, 2.75) is 31.3 Å². The van der Waals surface area contributed by atoms with Gasteiger partial charge >= 0.3 is 6.03 Å². The molecule has 0 spiro atoms. The van der Waals surface area contributed by atoms with Gasteiger partial charge in [-0.1, -0.05) is 24.8 Å². The second kappa shape index (κ2) is 10.2. The summed E-state index contributed by atoms with van der Waals surface area (Å²) >= 11 is 1.24. The van der Waals surface area contributed by atoms with Crippen LogP contribution in [-0.4, -0.2) is 34.9 Å². The minimum absolute atomic E-state index is 0.00688. The SMILES string of the molecule is C=CC(=O)N[C@H]1CC[C@@H](NC(=O)c2sc3nccc4c3c2NC(=O)N4c2ccc(Oc3ccccc3)cc2)C1. The Morgan fingerprint density at radius 1 is 1.03 bits per heavy atom. The van der Waals surface area contributed by atoms with Crippen LogP contribution in [0.4, 0.5) is 21.9 Å². The van der Waals surface area contributed by atoms with Gasteiger partial charge in [0, 0.05) is 18.3 Å². The molecule has 1 saturated carbocycles. The second-order valence-corrected chi connectivity index (χ2v) is 10.4. The first kappa shape index (κ1) is 24.6. The number of aromatic nitrogens is 1. The zero-order valence-electron chi connectivity index (χ0n) is 20.8. The van der Waals surface area contributed by atoms with Crippen LogP contribution in [0, 0.1) is 0 Å². The summed E-state index contributed by atoms with van der Waals surface area (Å²) in [6.45, 7) is 3.48. The van der Waals surface area contributed by atoms with Crippen LogP contribution in [-0.2, 0) is 4.79 Å². The average Bonchev–Trinajstić information content (AvgIpc) is 3.55. The Balaban J connectivity index is 1.24. The van der Waals surface area contributed by atoms with E-state index < -0.39 is 0 Å². The number of hydrogen-bond acceptors (Lipinski definition) is 6. The lowest BCUT2D eigenvalue weighted by atomic mass is 10.1. The lowest BCUT2D eigenvalue weighted by Crippen LogP contribution is -2.37. The van der Waals surface area contributed by atoms with Crippen molar-refractivity contribution in [2.75, 3.05) is 10.2 Å². The van der Waals surface area contributed by atoms with Gasteiger partial charge in [-0.15, -0.1) is 11.3 Å². The molecule has 4 aromatic rings. The summed E-state index contributed by atoms with van der Waals surface area (Å²) in [4.78, 5) is 45.4. The van der Waals surface area contributed by atoms with Gasteiger partial charge in [0.2, 0.25) is 5.91 Å². The number of pyridine rings is 1. The van der Waals surface area contributed by atoms with Gasteiger partial charge in [0.25, 0.3) is 5.91 Å². The number of carbonyl (C=O) groups excluding carboxylic acids is 3. The van der Waals surface area contributed by atoms with Gasteiger partial charge in [-0.3, -0.25) is 14.5 Å². The maximum absolute atomic E-state index is 13.4. The van der Waals surface area contributed by atoms with Crippen LogP contribution in [0.3, 0.4) is 0 Å². The van der Waals surface area contributed by atoms with Gasteiger partial charge in [-0.2, -0.15) is 0 Å². The normalized spacial score (nSPS) is 17.9. The van der Waals surface area contributed by atoms with E-state index in [1.807, 2.05) is 54.6 Å². The van der Waals surface area contributed by atoms with Crippen LogP contribution in [0.5, 0.6) is 11.5 Å². The molecular weight excluding hydrogens is 514 g/mol. The van der Waals surface area contributed by atoms with E-state index in [-0.39, 0.29) is 29.9 Å². The molecular formula is C29H25N5O4S. The van der Waals surface area contributed by atoms with Crippen LogP contribution in [0.25, 0.3) is 10.2 Å². The molecule has 0 saturated heterocycles. The number of thiophene rings is 1. The molecule has 1 aliphatic carbocycles. The van der Waals surface area contributed by atoms with Gasteiger partial charge in [-0.05, 0) is 67.8 Å². The Morgan fingerprint density at radius 2 is 1.74 bits per heavy atom. The van der Waals surface area contributed by atoms with Crippen LogP contribution in [0.15, 0.2) is 79.5 Å². The molecule has 39 heavy (non-hydrogen) atoms. The summed E-state index contributed by atoms with van der Waals surface area (Å²) in [5.74, 6) is 0.886. The molecule has 0 unspecified atom stereocenters. The van der Waals surface area contributed by atoms with Crippen molar-refractivity contribution in [1.29, 1.82) is 0 Å². The third-order valence-corrected chi connectivity index (χ3v) is 7.92. The first-order chi connectivity index (χ1) is 19.0. The van der Waals surface area contributed by atoms with Crippen molar-refractivity contribution < 1.29 is 19.1 Å². The predicted molar refractivity (Wildman–Crippen MR) is 151 cm³/mol. The lowest BCUT2D eigenvalue weighted by Gasteiger charge is -2.28. The highest BCUT2D eigenvalue weighted by Gasteiger charge is 2.34. The van der Waals surface area contributed by atoms with Crippen molar-refractivity contribution in [2.24, 2.45) is 0 Å². The number of rotatable bonds is 7. The van der Waals surface area contributed by atoms with E-state index in [2.05, 4.69) is 27.5 Å². The summed E-state index contributed by atoms with van der Waals surface area (Å²) < 4.78 is 5.88. The highest BCUT2D eigenvalue weighted by atomic mass is 32.1. The van der Waals surface area contributed by atoms with E-state index in [1.54, 1.807) is 17.2 Å². The van der Waals surface area contributed by atoms with Gasteiger partial charge in [0.05, 0.1) is 22.4 Å². The molecule has 196 valence electrons. The Kier molecular flexibility index (Phi) is 6.45. The minimum Gasteiger partial charge on any atom is -0.457 e. The summed E-state index contributed by atoms with van der Waals surface area (Å²) in [6.07, 6.45) is 5.05. The maximum atomic E-state index is 13.4. The van der Waals surface area contributed by atoms with E-state index in [4.69, 9.17) is 4.74 Å². The Labute approximate surface area is 228 Å². The Morgan fingerprint density at radius 3 is 2.49 bits per heavy atom. The fourth-order valence-corrected chi connectivity index (χ4v) is 6.07. The van der Waals surface area contributed by atoms with Gasteiger partial charge in [-0.25, -0.2) is 9.78 Å². The van der Waals surface area contributed by atoms with Crippen LogP contribution < -0.4 is 25.6 Å². The standard InChI is InChI=1S/C29H25N5O4S/c1-2-23(35)31-17-8-9-18(16-17)32-27(36)26-25-24-22(14-15-30-28(24)39-26)34(29(37)33-25)19-10-12-21(13-11-19)38-20-6-4-3-5-7-20/h2-7,10-15,17-18H,1,8-9,16H2,(H,31,35)(H,32,36)(H,33,37)/t17-,18+/m0/s1. The number of benzene rings is 2. The predicted octanol–water partition coefficient (Wildman–Crippen LogP) is 5.73. The molecule has 2 aromatic carbocycles. The van der Waals surface area contributed by atoms with Crippen LogP contribution in [0.2, 0.25) is 0 Å². The van der Waals surface area contributed by atoms with E-state index in [0.29, 0.717) is 38.9 Å². The lowest BCUT2D eigenvalue weighted by molar-refractivity contribution is -0.117. The van der Waals surface area contributed by atoms with Crippen molar-refractivity contribution >= 4 is 56.5 Å². The fourth-order valence-electron chi connectivity index (χ4n) is 5.04. The van der Waals surface area contributed by atoms with E-state index >= 15 is 0 Å². The Hall–Kier alpha value is -4.70.